The first-order valence-corrected chi connectivity index (χ1v) is 8.65. The molecule has 0 bridgehead atoms. The van der Waals surface area contributed by atoms with Crippen LogP contribution in [0.3, 0.4) is 0 Å². The van der Waals surface area contributed by atoms with E-state index < -0.39 is 0 Å². The lowest BCUT2D eigenvalue weighted by Crippen LogP contribution is -2.02. The van der Waals surface area contributed by atoms with Crippen LogP contribution >= 0.6 is 31.9 Å². The van der Waals surface area contributed by atoms with Crippen molar-refractivity contribution >= 4 is 49.3 Å². The third-order valence-electron chi connectivity index (χ3n) is 3.30. The number of nitrogens with two attached hydrogens (primary N) is 1. The number of aromatic nitrogens is 2. The van der Waals surface area contributed by atoms with Crippen molar-refractivity contribution < 1.29 is 4.74 Å². The Morgan fingerprint density at radius 2 is 1.67 bits per heavy atom. The van der Waals surface area contributed by atoms with Gasteiger partial charge in [0.1, 0.15) is 11.6 Å². The molecular formula is C17H14Br2N4O. The van der Waals surface area contributed by atoms with Gasteiger partial charge < -0.3 is 15.8 Å². The van der Waals surface area contributed by atoms with E-state index in [9.17, 15) is 0 Å². The predicted molar refractivity (Wildman–Crippen MR) is 104 cm³/mol. The quantitative estimate of drug-likeness (QED) is 0.586. The molecule has 3 N–H and O–H groups in total. The van der Waals surface area contributed by atoms with E-state index in [1.54, 1.807) is 7.11 Å². The minimum absolute atomic E-state index is 0.189. The summed E-state index contributed by atoms with van der Waals surface area (Å²) in [5, 5.41) is 3.23. The normalized spacial score (nSPS) is 10.5. The Balaban J connectivity index is 2.00. The van der Waals surface area contributed by atoms with E-state index >= 15 is 0 Å². The molecule has 3 rings (SSSR count). The lowest BCUT2D eigenvalue weighted by molar-refractivity contribution is 0.416. The number of hydrogen-bond acceptors (Lipinski definition) is 5. The molecule has 0 atom stereocenters. The number of nitrogens with zero attached hydrogens (tertiary/aromatic N) is 2. The van der Waals surface area contributed by atoms with Crippen LogP contribution in [-0.4, -0.2) is 17.1 Å². The van der Waals surface area contributed by atoms with Crippen LogP contribution in [0.4, 0.5) is 17.5 Å². The molecular weight excluding hydrogens is 436 g/mol. The van der Waals surface area contributed by atoms with E-state index in [-0.39, 0.29) is 5.95 Å². The van der Waals surface area contributed by atoms with E-state index in [4.69, 9.17) is 10.5 Å². The van der Waals surface area contributed by atoms with E-state index in [2.05, 4.69) is 47.1 Å². The van der Waals surface area contributed by atoms with E-state index in [1.165, 1.54) is 0 Å². The van der Waals surface area contributed by atoms with Crippen molar-refractivity contribution in [1.29, 1.82) is 0 Å². The van der Waals surface area contributed by atoms with Gasteiger partial charge in [0.15, 0.2) is 0 Å². The molecule has 5 nitrogen and oxygen atoms in total. The van der Waals surface area contributed by atoms with Crippen LogP contribution in [-0.2, 0) is 0 Å². The second kappa shape index (κ2) is 7.19. The minimum Gasteiger partial charge on any atom is -0.496 e. The molecule has 0 spiro atoms. The van der Waals surface area contributed by atoms with Gasteiger partial charge in [-0.25, -0.2) is 4.98 Å². The number of nitrogen functional groups attached to an aromatic ring is 1. The highest BCUT2D eigenvalue weighted by Crippen LogP contribution is 2.33. The van der Waals surface area contributed by atoms with Gasteiger partial charge in [0.05, 0.1) is 12.8 Å². The molecule has 0 aliphatic rings. The summed E-state index contributed by atoms with van der Waals surface area (Å²) in [6, 6.07) is 15.3. The van der Waals surface area contributed by atoms with Crippen molar-refractivity contribution in [3.05, 3.63) is 57.5 Å². The Morgan fingerprint density at radius 3 is 2.38 bits per heavy atom. The van der Waals surface area contributed by atoms with Crippen LogP contribution in [0, 0.1) is 0 Å². The summed E-state index contributed by atoms with van der Waals surface area (Å²) in [5.74, 6) is 1.52. The van der Waals surface area contributed by atoms with Crippen molar-refractivity contribution in [2.75, 3.05) is 18.2 Å². The Hall–Kier alpha value is -2.12. The Labute approximate surface area is 156 Å². The zero-order chi connectivity index (χ0) is 17.1. The molecule has 0 fully saturated rings. The van der Waals surface area contributed by atoms with Gasteiger partial charge in [0.25, 0.3) is 0 Å². The molecule has 7 heteroatoms. The van der Waals surface area contributed by atoms with E-state index in [0.717, 1.165) is 20.2 Å². The highest BCUT2D eigenvalue weighted by atomic mass is 79.9. The van der Waals surface area contributed by atoms with Gasteiger partial charge in [-0.05, 0) is 42.5 Å². The van der Waals surface area contributed by atoms with E-state index in [1.807, 2.05) is 48.5 Å². The molecule has 0 aliphatic heterocycles. The maximum atomic E-state index is 5.88. The molecule has 122 valence electrons. The van der Waals surface area contributed by atoms with Crippen LogP contribution in [0.25, 0.3) is 11.3 Å². The summed E-state index contributed by atoms with van der Waals surface area (Å²) < 4.78 is 7.36. The first kappa shape index (κ1) is 16.7. The van der Waals surface area contributed by atoms with Gasteiger partial charge in [0, 0.05) is 26.3 Å². The Morgan fingerprint density at radius 1 is 0.958 bits per heavy atom. The summed E-state index contributed by atoms with van der Waals surface area (Å²) in [7, 11) is 1.62. The molecule has 0 saturated heterocycles. The zero-order valence-corrected chi connectivity index (χ0v) is 15.9. The number of anilines is 3. The number of ether oxygens (including phenoxy) is 1. The summed E-state index contributed by atoms with van der Waals surface area (Å²) in [5.41, 5.74) is 8.30. The SMILES string of the molecule is COc1ccc(Br)cc1-c1cc(Nc2ccc(Br)cc2)nc(N)n1. The van der Waals surface area contributed by atoms with Gasteiger partial charge >= 0.3 is 0 Å². The van der Waals surface area contributed by atoms with Crippen molar-refractivity contribution in [2.45, 2.75) is 0 Å². The Bertz CT molecular complexity index is 869. The van der Waals surface area contributed by atoms with Gasteiger partial charge in [-0.1, -0.05) is 31.9 Å². The molecule has 1 aromatic heterocycles. The smallest absolute Gasteiger partial charge is 0.222 e. The number of rotatable bonds is 4. The lowest BCUT2D eigenvalue weighted by atomic mass is 10.1. The molecule has 2 aromatic carbocycles. The third kappa shape index (κ3) is 3.85. The lowest BCUT2D eigenvalue weighted by Gasteiger charge is -2.11. The van der Waals surface area contributed by atoms with Crippen LogP contribution < -0.4 is 15.8 Å². The van der Waals surface area contributed by atoms with Gasteiger partial charge in [-0.15, -0.1) is 0 Å². The molecule has 0 saturated carbocycles. The summed E-state index contributed by atoms with van der Waals surface area (Å²) in [4.78, 5) is 8.57. The number of methoxy groups -OCH3 is 1. The average Bonchev–Trinajstić information content (AvgIpc) is 2.56. The van der Waals surface area contributed by atoms with Crippen LogP contribution in [0.1, 0.15) is 0 Å². The van der Waals surface area contributed by atoms with E-state index in [0.29, 0.717) is 17.3 Å². The van der Waals surface area contributed by atoms with Crippen LogP contribution in [0.15, 0.2) is 57.5 Å². The summed E-state index contributed by atoms with van der Waals surface area (Å²) in [6.07, 6.45) is 0. The Kier molecular flexibility index (Phi) is 5.01. The molecule has 0 radical (unpaired) electrons. The van der Waals surface area contributed by atoms with Gasteiger partial charge in [0.2, 0.25) is 5.95 Å². The molecule has 3 aromatic rings. The van der Waals surface area contributed by atoms with Crippen LogP contribution in [0.2, 0.25) is 0 Å². The monoisotopic (exact) mass is 448 g/mol. The molecule has 0 amide bonds. The third-order valence-corrected chi connectivity index (χ3v) is 4.32. The fourth-order valence-electron chi connectivity index (χ4n) is 2.23. The number of nitrogens with one attached hydrogen (secondary N) is 1. The number of hydrogen-bond donors (Lipinski definition) is 2. The van der Waals surface area contributed by atoms with Crippen molar-refractivity contribution in [1.82, 2.24) is 9.97 Å². The first-order valence-electron chi connectivity index (χ1n) is 7.06. The highest BCUT2D eigenvalue weighted by molar-refractivity contribution is 9.10. The standard InChI is InChI=1S/C17H14Br2N4O/c1-24-15-7-4-11(19)8-13(15)14-9-16(23-17(20)22-14)21-12-5-2-10(18)3-6-12/h2-9H,1H3,(H3,20,21,22,23). The summed E-state index contributed by atoms with van der Waals surface area (Å²) >= 11 is 6.89. The zero-order valence-electron chi connectivity index (χ0n) is 12.8. The maximum Gasteiger partial charge on any atom is 0.222 e. The molecule has 1 heterocycles. The first-order chi connectivity index (χ1) is 11.5. The highest BCUT2D eigenvalue weighted by Gasteiger charge is 2.11. The van der Waals surface area contributed by atoms with Crippen molar-refractivity contribution in [3.63, 3.8) is 0 Å². The second-order valence-electron chi connectivity index (χ2n) is 4.97. The molecule has 0 unspecified atom stereocenters. The largest absolute Gasteiger partial charge is 0.496 e. The molecule has 0 aliphatic carbocycles. The van der Waals surface area contributed by atoms with Crippen molar-refractivity contribution in [3.8, 4) is 17.0 Å². The van der Waals surface area contributed by atoms with Gasteiger partial charge in [-0.3, -0.25) is 0 Å². The summed E-state index contributed by atoms with van der Waals surface area (Å²) in [6.45, 7) is 0. The topological polar surface area (TPSA) is 73.1 Å². The van der Waals surface area contributed by atoms with Gasteiger partial charge in [-0.2, -0.15) is 4.98 Å². The maximum absolute atomic E-state index is 5.88. The molecule has 24 heavy (non-hydrogen) atoms. The number of halogens is 2. The predicted octanol–water partition coefficient (Wildman–Crippen LogP) is 5.00. The fourth-order valence-corrected chi connectivity index (χ4v) is 2.85. The minimum atomic E-state index is 0.189. The fraction of sp³-hybridized carbons (Fsp3) is 0.0588. The van der Waals surface area contributed by atoms with Crippen LogP contribution in [0.5, 0.6) is 5.75 Å². The van der Waals surface area contributed by atoms with Crippen molar-refractivity contribution in [2.24, 2.45) is 0 Å². The number of benzene rings is 2. The second-order valence-corrected chi connectivity index (χ2v) is 6.80. The average molecular weight is 450 g/mol.